The van der Waals surface area contributed by atoms with E-state index < -0.39 is 36.7 Å². The molecule has 1 aliphatic heterocycles. The van der Waals surface area contributed by atoms with Gasteiger partial charge in [-0.1, -0.05) is 0 Å². The van der Waals surface area contributed by atoms with Crippen molar-refractivity contribution in [1.29, 1.82) is 0 Å². The van der Waals surface area contributed by atoms with Crippen LogP contribution in [0.2, 0.25) is 0 Å². The first-order valence-corrected chi connectivity index (χ1v) is 5.51. The lowest BCUT2D eigenvalue weighted by Gasteiger charge is -2.21. The fourth-order valence-corrected chi connectivity index (χ4v) is 1.85. The van der Waals surface area contributed by atoms with Gasteiger partial charge in [0, 0.05) is 13.2 Å². The second kappa shape index (κ2) is 4.83. The molecule has 9 heteroatoms. The molecule has 19 heavy (non-hydrogen) atoms. The van der Waals surface area contributed by atoms with E-state index in [0.29, 0.717) is 4.57 Å². The van der Waals surface area contributed by atoms with Crippen LogP contribution in [0.25, 0.3) is 0 Å². The van der Waals surface area contributed by atoms with E-state index in [0.717, 1.165) is 6.20 Å². The van der Waals surface area contributed by atoms with E-state index in [-0.39, 0.29) is 5.82 Å². The van der Waals surface area contributed by atoms with Gasteiger partial charge in [-0.05, 0) is 6.07 Å². The number of hydrogen-bond acceptors (Lipinski definition) is 6. The molecule has 0 aromatic carbocycles. The summed E-state index contributed by atoms with van der Waals surface area (Å²) in [5, 5.41) is 20.8. The molecule has 1 aliphatic rings. The smallest absolute Gasteiger partial charge is 0.351 e. The van der Waals surface area contributed by atoms with Gasteiger partial charge < -0.3 is 20.3 Å². The Balaban J connectivity index is 2.39. The second-order valence-corrected chi connectivity index (χ2v) is 4.08. The first-order valence-electron chi connectivity index (χ1n) is 5.51. The summed E-state index contributed by atoms with van der Waals surface area (Å²) in [6.07, 6.45) is -4.54. The van der Waals surface area contributed by atoms with Crippen LogP contribution in [0, 0.1) is 0 Å². The van der Waals surface area contributed by atoms with Crippen molar-refractivity contribution >= 4 is 5.82 Å². The lowest BCUT2D eigenvalue weighted by molar-refractivity contribution is -0.140. The Hall–Kier alpha value is -1.58. The molecule has 2 unspecified atom stereocenters. The van der Waals surface area contributed by atoms with Crippen LogP contribution < -0.4 is 11.0 Å². The topological polar surface area (TPSA) is 96.6 Å². The SMILES string of the molecule is CNc1ccn(C2OC(CO)[C@@H](O)C2(F)F)c(=O)n1. The zero-order valence-electron chi connectivity index (χ0n) is 9.96. The Kier molecular flexibility index (Phi) is 3.52. The number of nitrogens with zero attached hydrogens (tertiary/aromatic N) is 2. The average Bonchev–Trinajstić information content (AvgIpc) is 2.61. The van der Waals surface area contributed by atoms with Crippen LogP contribution in [0.5, 0.6) is 0 Å². The molecule has 0 aliphatic carbocycles. The van der Waals surface area contributed by atoms with Crippen molar-refractivity contribution in [2.75, 3.05) is 19.0 Å². The molecule has 7 nitrogen and oxygen atoms in total. The third kappa shape index (κ3) is 2.20. The summed E-state index contributed by atoms with van der Waals surface area (Å²) >= 11 is 0. The molecule has 0 amide bonds. The summed E-state index contributed by atoms with van der Waals surface area (Å²) < 4.78 is 33.0. The third-order valence-electron chi connectivity index (χ3n) is 2.90. The van der Waals surface area contributed by atoms with E-state index in [1.807, 2.05) is 0 Å². The van der Waals surface area contributed by atoms with Crippen LogP contribution in [0.3, 0.4) is 0 Å². The van der Waals surface area contributed by atoms with Crippen molar-refractivity contribution in [1.82, 2.24) is 9.55 Å². The van der Waals surface area contributed by atoms with Gasteiger partial charge in [0.05, 0.1) is 6.61 Å². The molecule has 2 heterocycles. The van der Waals surface area contributed by atoms with Crippen molar-refractivity contribution in [3.05, 3.63) is 22.7 Å². The Bertz CT molecular complexity index is 522. The predicted molar refractivity (Wildman–Crippen MR) is 60.0 cm³/mol. The molecule has 1 aromatic rings. The Morgan fingerprint density at radius 2 is 2.32 bits per heavy atom. The lowest BCUT2D eigenvalue weighted by atomic mass is 10.1. The maximum atomic E-state index is 13.8. The Morgan fingerprint density at radius 3 is 2.79 bits per heavy atom. The van der Waals surface area contributed by atoms with Gasteiger partial charge in [0.15, 0.2) is 6.10 Å². The first-order chi connectivity index (χ1) is 8.91. The zero-order chi connectivity index (χ0) is 14.2. The molecule has 1 aromatic heterocycles. The maximum absolute atomic E-state index is 13.8. The molecular weight excluding hydrogens is 264 g/mol. The predicted octanol–water partition coefficient (Wildman–Crippen LogP) is -0.829. The van der Waals surface area contributed by atoms with Gasteiger partial charge in [0.2, 0.25) is 6.23 Å². The Labute approximate surface area is 106 Å². The number of halogens is 2. The molecule has 1 fully saturated rings. The fraction of sp³-hybridized carbons (Fsp3) is 0.600. The van der Waals surface area contributed by atoms with E-state index in [9.17, 15) is 18.7 Å². The van der Waals surface area contributed by atoms with Gasteiger partial charge in [-0.15, -0.1) is 0 Å². The van der Waals surface area contributed by atoms with Crippen molar-refractivity contribution in [3.63, 3.8) is 0 Å². The fourth-order valence-electron chi connectivity index (χ4n) is 1.85. The summed E-state index contributed by atoms with van der Waals surface area (Å²) in [7, 11) is 1.53. The van der Waals surface area contributed by atoms with Crippen molar-refractivity contribution in [2.45, 2.75) is 24.4 Å². The number of ether oxygens (including phenoxy) is 1. The van der Waals surface area contributed by atoms with Gasteiger partial charge >= 0.3 is 11.6 Å². The normalized spacial score (nSPS) is 29.4. The highest BCUT2D eigenvalue weighted by Crippen LogP contribution is 2.41. The minimum atomic E-state index is -3.69. The summed E-state index contributed by atoms with van der Waals surface area (Å²) in [6.45, 7) is -0.774. The number of nitrogens with one attached hydrogen (secondary N) is 1. The van der Waals surface area contributed by atoms with E-state index >= 15 is 0 Å². The second-order valence-electron chi connectivity index (χ2n) is 4.08. The van der Waals surface area contributed by atoms with Crippen molar-refractivity contribution in [3.8, 4) is 0 Å². The largest absolute Gasteiger partial charge is 0.394 e. The van der Waals surface area contributed by atoms with Crippen LogP contribution in [-0.4, -0.2) is 51.5 Å². The number of alkyl halides is 2. The number of aliphatic hydroxyl groups is 2. The number of hydrogen-bond donors (Lipinski definition) is 3. The Morgan fingerprint density at radius 1 is 1.63 bits per heavy atom. The van der Waals surface area contributed by atoms with E-state index in [1.165, 1.54) is 13.1 Å². The third-order valence-corrected chi connectivity index (χ3v) is 2.90. The molecule has 3 atom stereocenters. The molecule has 106 valence electrons. The van der Waals surface area contributed by atoms with Crippen LogP contribution in [0.4, 0.5) is 14.6 Å². The van der Waals surface area contributed by atoms with E-state index in [1.54, 1.807) is 0 Å². The quantitative estimate of drug-likeness (QED) is 0.667. The van der Waals surface area contributed by atoms with E-state index in [2.05, 4.69) is 10.3 Å². The minimum absolute atomic E-state index is 0.224. The summed E-state index contributed by atoms with van der Waals surface area (Å²) in [6, 6.07) is 1.32. The lowest BCUT2D eigenvalue weighted by Crippen LogP contribution is -2.41. The van der Waals surface area contributed by atoms with Crippen molar-refractivity contribution < 1.29 is 23.7 Å². The van der Waals surface area contributed by atoms with Crippen LogP contribution in [0.15, 0.2) is 17.1 Å². The monoisotopic (exact) mass is 277 g/mol. The average molecular weight is 277 g/mol. The highest BCUT2D eigenvalue weighted by Gasteiger charge is 2.59. The van der Waals surface area contributed by atoms with Gasteiger partial charge in [0.1, 0.15) is 11.9 Å². The van der Waals surface area contributed by atoms with Crippen molar-refractivity contribution in [2.24, 2.45) is 0 Å². The van der Waals surface area contributed by atoms with E-state index in [4.69, 9.17) is 9.84 Å². The first kappa shape index (κ1) is 13.8. The molecule has 0 spiro atoms. The van der Waals surface area contributed by atoms with Gasteiger partial charge in [-0.2, -0.15) is 13.8 Å². The molecule has 0 radical (unpaired) electrons. The standard InChI is InChI=1S/C10H13F2N3O4/c1-13-6-2-3-15(9(18)14-6)8-10(11,12)7(17)5(4-16)19-8/h2-3,5,7-8,16-17H,4H2,1H3,(H,13,14,18)/t5?,7-,8?/m1/s1. The summed E-state index contributed by atoms with van der Waals surface area (Å²) in [5.74, 6) is -3.47. The maximum Gasteiger partial charge on any atom is 0.351 e. The molecule has 2 rings (SSSR count). The van der Waals surface area contributed by atoms with Crippen LogP contribution >= 0.6 is 0 Å². The number of anilines is 1. The summed E-state index contributed by atoms with van der Waals surface area (Å²) in [5.41, 5.74) is -0.942. The number of rotatable bonds is 3. The number of aliphatic hydroxyl groups excluding tert-OH is 2. The molecule has 0 bridgehead atoms. The summed E-state index contributed by atoms with van der Waals surface area (Å²) in [4.78, 5) is 15.1. The highest BCUT2D eigenvalue weighted by molar-refractivity contribution is 5.30. The number of aromatic nitrogens is 2. The molecule has 1 saturated heterocycles. The van der Waals surface area contributed by atoms with Crippen LogP contribution in [-0.2, 0) is 4.74 Å². The highest BCUT2D eigenvalue weighted by atomic mass is 19.3. The van der Waals surface area contributed by atoms with Gasteiger partial charge in [-0.25, -0.2) is 4.79 Å². The molecular formula is C10H13F2N3O4. The molecule has 0 saturated carbocycles. The zero-order valence-corrected chi connectivity index (χ0v) is 9.96. The van der Waals surface area contributed by atoms with Gasteiger partial charge in [-0.3, -0.25) is 4.57 Å². The minimum Gasteiger partial charge on any atom is -0.394 e. The van der Waals surface area contributed by atoms with Gasteiger partial charge in [0.25, 0.3) is 0 Å². The van der Waals surface area contributed by atoms with Crippen LogP contribution in [0.1, 0.15) is 6.23 Å². The molecule has 3 N–H and O–H groups in total.